The van der Waals surface area contributed by atoms with Crippen molar-refractivity contribution in [2.45, 2.75) is 25.4 Å². The normalized spacial score (nSPS) is 14.5. The number of rotatable bonds is 4. The third kappa shape index (κ3) is 2.93. The van der Waals surface area contributed by atoms with E-state index in [4.69, 9.17) is 0 Å². The van der Waals surface area contributed by atoms with Crippen LogP contribution in [-0.4, -0.2) is 5.11 Å². The number of halogens is 1. The molecule has 0 radical (unpaired) electrons. The van der Waals surface area contributed by atoms with Gasteiger partial charge in [-0.2, -0.15) is 0 Å². The van der Waals surface area contributed by atoms with E-state index in [1.807, 2.05) is 17.5 Å². The Bertz CT molecular complexity index is 477. The van der Waals surface area contributed by atoms with E-state index < -0.39 is 5.60 Å². The molecule has 1 unspecified atom stereocenters. The summed E-state index contributed by atoms with van der Waals surface area (Å²) in [5.41, 5.74) is -0.744. The van der Waals surface area contributed by atoms with Crippen molar-refractivity contribution in [3.63, 3.8) is 0 Å². The first-order valence-electron chi connectivity index (χ1n) is 5.59. The fourth-order valence-corrected chi connectivity index (χ4v) is 2.56. The number of benzene rings is 1. The van der Waals surface area contributed by atoms with Gasteiger partial charge in [-0.25, -0.2) is 4.39 Å². The maximum absolute atomic E-state index is 13.6. The predicted molar refractivity (Wildman–Crippen MR) is 68.6 cm³/mol. The molecule has 0 fully saturated rings. The summed E-state index contributed by atoms with van der Waals surface area (Å²) in [4.78, 5) is 1.21. The second kappa shape index (κ2) is 4.98. The molecule has 1 aromatic carbocycles. The highest BCUT2D eigenvalue weighted by atomic mass is 32.1. The molecule has 1 aromatic heterocycles. The fourth-order valence-electron chi connectivity index (χ4n) is 1.85. The van der Waals surface area contributed by atoms with E-state index in [1.54, 1.807) is 36.5 Å². The van der Waals surface area contributed by atoms with Gasteiger partial charge >= 0.3 is 0 Å². The quantitative estimate of drug-likeness (QED) is 0.876. The van der Waals surface area contributed by atoms with Gasteiger partial charge in [0.1, 0.15) is 5.82 Å². The molecule has 0 bridgehead atoms. The van der Waals surface area contributed by atoms with Crippen LogP contribution in [0.4, 0.5) is 4.39 Å². The molecule has 0 aliphatic rings. The van der Waals surface area contributed by atoms with Crippen LogP contribution in [-0.2, 0) is 12.0 Å². The van der Waals surface area contributed by atoms with Crippen molar-refractivity contribution in [2.24, 2.45) is 0 Å². The standard InChI is InChI=1S/C14H15FOS/c1-14(16,9-8-11-5-4-10-17-11)12-6-2-3-7-13(12)15/h2-7,10,16H,8-9H2,1H3. The lowest BCUT2D eigenvalue weighted by molar-refractivity contribution is 0.0446. The first-order valence-corrected chi connectivity index (χ1v) is 6.47. The number of aryl methyl sites for hydroxylation is 1. The maximum Gasteiger partial charge on any atom is 0.129 e. The Balaban J connectivity index is 2.11. The van der Waals surface area contributed by atoms with Gasteiger partial charge in [-0.1, -0.05) is 24.3 Å². The Hall–Kier alpha value is -1.19. The van der Waals surface area contributed by atoms with Crippen molar-refractivity contribution in [2.75, 3.05) is 0 Å². The van der Waals surface area contributed by atoms with Gasteiger partial charge in [0.25, 0.3) is 0 Å². The van der Waals surface area contributed by atoms with E-state index in [0.717, 1.165) is 6.42 Å². The van der Waals surface area contributed by atoms with Crippen LogP contribution in [0.5, 0.6) is 0 Å². The molecule has 3 heteroatoms. The zero-order valence-electron chi connectivity index (χ0n) is 9.69. The molecule has 0 aliphatic heterocycles. The van der Waals surface area contributed by atoms with Crippen molar-refractivity contribution in [1.29, 1.82) is 0 Å². The fraction of sp³-hybridized carbons (Fsp3) is 0.286. The summed E-state index contributed by atoms with van der Waals surface area (Å²) >= 11 is 1.66. The average molecular weight is 250 g/mol. The lowest BCUT2D eigenvalue weighted by Gasteiger charge is -2.24. The summed E-state index contributed by atoms with van der Waals surface area (Å²) in [6.45, 7) is 1.67. The summed E-state index contributed by atoms with van der Waals surface area (Å²) in [7, 11) is 0. The van der Waals surface area contributed by atoms with Crippen LogP contribution in [0.3, 0.4) is 0 Å². The van der Waals surface area contributed by atoms with Crippen molar-refractivity contribution < 1.29 is 9.50 Å². The smallest absolute Gasteiger partial charge is 0.129 e. The minimum atomic E-state index is -1.12. The Kier molecular flexibility index (Phi) is 3.60. The van der Waals surface area contributed by atoms with Crippen LogP contribution in [0.1, 0.15) is 23.8 Å². The Morgan fingerprint density at radius 3 is 2.65 bits per heavy atom. The lowest BCUT2D eigenvalue weighted by Crippen LogP contribution is -2.23. The topological polar surface area (TPSA) is 20.2 Å². The highest BCUT2D eigenvalue weighted by Gasteiger charge is 2.25. The zero-order chi connectivity index (χ0) is 12.3. The molecule has 0 aliphatic carbocycles. The van der Waals surface area contributed by atoms with E-state index in [1.165, 1.54) is 10.9 Å². The summed E-state index contributed by atoms with van der Waals surface area (Å²) in [6, 6.07) is 10.4. The number of hydrogen-bond donors (Lipinski definition) is 1. The minimum absolute atomic E-state index is 0.344. The first kappa shape index (κ1) is 12.3. The molecular formula is C14H15FOS. The lowest BCUT2D eigenvalue weighted by atomic mass is 9.90. The molecule has 1 heterocycles. The predicted octanol–water partition coefficient (Wildman–Crippen LogP) is 3.73. The van der Waals surface area contributed by atoms with Gasteiger partial charge in [0.2, 0.25) is 0 Å². The highest BCUT2D eigenvalue weighted by molar-refractivity contribution is 7.09. The Morgan fingerprint density at radius 1 is 1.24 bits per heavy atom. The van der Waals surface area contributed by atoms with Gasteiger partial charge in [-0.15, -0.1) is 11.3 Å². The largest absolute Gasteiger partial charge is 0.385 e. The van der Waals surface area contributed by atoms with E-state index in [2.05, 4.69) is 0 Å². The third-order valence-electron chi connectivity index (χ3n) is 2.89. The molecule has 1 nitrogen and oxygen atoms in total. The Labute approximate surface area is 105 Å². The molecular weight excluding hydrogens is 235 g/mol. The van der Waals surface area contributed by atoms with Gasteiger partial charge in [-0.05, 0) is 37.3 Å². The van der Waals surface area contributed by atoms with E-state index in [-0.39, 0.29) is 5.82 Å². The molecule has 0 saturated heterocycles. The zero-order valence-corrected chi connectivity index (χ0v) is 10.5. The second-order valence-corrected chi connectivity index (χ2v) is 5.37. The van der Waals surface area contributed by atoms with E-state index >= 15 is 0 Å². The molecule has 0 spiro atoms. The molecule has 0 amide bonds. The number of hydrogen-bond acceptors (Lipinski definition) is 2. The number of thiophene rings is 1. The van der Waals surface area contributed by atoms with E-state index in [9.17, 15) is 9.50 Å². The molecule has 2 rings (SSSR count). The van der Waals surface area contributed by atoms with Gasteiger partial charge in [-0.3, -0.25) is 0 Å². The van der Waals surface area contributed by atoms with Crippen molar-refractivity contribution in [1.82, 2.24) is 0 Å². The van der Waals surface area contributed by atoms with Crippen LogP contribution in [0.15, 0.2) is 41.8 Å². The molecule has 17 heavy (non-hydrogen) atoms. The van der Waals surface area contributed by atoms with Crippen LogP contribution < -0.4 is 0 Å². The number of aliphatic hydroxyl groups is 1. The van der Waals surface area contributed by atoms with Gasteiger partial charge in [0.15, 0.2) is 0 Å². The summed E-state index contributed by atoms with van der Waals surface area (Å²) < 4.78 is 13.6. The van der Waals surface area contributed by atoms with Crippen LogP contribution in [0.2, 0.25) is 0 Å². The Morgan fingerprint density at radius 2 is 2.00 bits per heavy atom. The van der Waals surface area contributed by atoms with Crippen LogP contribution in [0.25, 0.3) is 0 Å². The van der Waals surface area contributed by atoms with Crippen LogP contribution in [0, 0.1) is 5.82 Å². The molecule has 1 N–H and O–H groups in total. The third-order valence-corrected chi connectivity index (χ3v) is 3.83. The summed E-state index contributed by atoms with van der Waals surface area (Å²) in [5.74, 6) is -0.344. The van der Waals surface area contributed by atoms with Crippen LogP contribution >= 0.6 is 11.3 Å². The first-order chi connectivity index (χ1) is 8.09. The van der Waals surface area contributed by atoms with Crippen molar-refractivity contribution in [3.8, 4) is 0 Å². The molecule has 0 saturated carbocycles. The van der Waals surface area contributed by atoms with Gasteiger partial charge < -0.3 is 5.11 Å². The second-order valence-electron chi connectivity index (χ2n) is 4.33. The minimum Gasteiger partial charge on any atom is -0.385 e. The van der Waals surface area contributed by atoms with Crippen molar-refractivity contribution >= 4 is 11.3 Å². The van der Waals surface area contributed by atoms with Gasteiger partial charge in [0, 0.05) is 10.4 Å². The van der Waals surface area contributed by atoms with Crippen molar-refractivity contribution in [3.05, 3.63) is 58.0 Å². The summed E-state index contributed by atoms with van der Waals surface area (Å²) in [5, 5.41) is 12.3. The SMILES string of the molecule is CC(O)(CCc1cccs1)c1ccccc1F. The highest BCUT2D eigenvalue weighted by Crippen LogP contribution is 2.28. The molecule has 1 atom stereocenters. The summed E-state index contributed by atoms with van der Waals surface area (Å²) in [6.07, 6.45) is 1.29. The van der Waals surface area contributed by atoms with E-state index in [0.29, 0.717) is 12.0 Å². The average Bonchev–Trinajstić information content (AvgIpc) is 2.80. The van der Waals surface area contributed by atoms with Gasteiger partial charge in [0.05, 0.1) is 5.60 Å². The molecule has 90 valence electrons. The monoisotopic (exact) mass is 250 g/mol. The maximum atomic E-state index is 13.6. The molecule has 2 aromatic rings.